The Balaban J connectivity index is 1.98. The maximum atomic E-state index is 12.5. The molecule has 2 rings (SSSR count). The minimum absolute atomic E-state index is 0.0956. The zero-order valence-electron chi connectivity index (χ0n) is 10.5. The van der Waals surface area contributed by atoms with E-state index in [0.717, 1.165) is 25.2 Å². The van der Waals surface area contributed by atoms with Crippen LogP contribution in [0.2, 0.25) is 0 Å². The van der Waals surface area contributed by atoms with Gasteiger partial charge < -0.3 is 10.5 Å². The summed E-state index contributed by atoms with van der Waals surface area (Å²) in [6, 6.07) is 4.40. The molecule has 6 heteroatoms. The molecule has 0 bridgehead atoms. The summed E-state index contributed by atoms with van der Waals surface area (Å²) in [4.78, 5) is 2.21. The molecule has 2 N–H and O–H groups in total. The number of nitrogens with zero attached hydrogens (tertiary/aromatic N) is 1. The summed E-state index contributed by atoms with van der Waals surface area (Å²) >= 11 is 0. The lowest BCUT2D eigenvalue weighted by Gasteiger charge is -2.26. The van der Waals surface area contributed by atoms with Gasteiger partial charge in [-0.05, 0) is 11.1 Å². The highest BCUT2D eigenvalue weighted by Gasteiger charge is 2.37. The molecule has 1 unspecified atom stereocenters. The molecule has 106 valence electrons. The number of hydrogen-bond acceptors (Lipinski definition) is 3. The number of rotatable bonds is 3. The van der Waals surface area contributed by atoms with Gasteiger partial charge in [-0.3, -0.25) is 4.90 Å². The van der Waals surface area contributed by atoms with E-state index >= 15 is 0 Å². The Morgan fingerprint density at radius 3 is 2.26 bits per heavy atom. The largest absolute Gasteiger partial charge is 0.407 e. The quantitative estimate of drug-likeness (QED) is 0.917. The molecule has 1 aromatic rings. The predicted molar refractivity (Wildman–Crippen MR) is 65.5 cm³/mol. The minimum atomic E-state index is -4.40. The van der Waals surface area contributed by atoms with E-state index in [2.05, 4.69) is 4.90 Å². The van der Waals surface area contributed by atoms with Crippen LogP contribution in [0, 0.1) is 0 Å². The molecule has 0 aromatic heterocycles. The zero-order valence-corrected chi connectivity index (χ0v) is 10.5. The van der Waals surface area contributed by atoms with Crippen LogP contribution in [0.15, 0.2) is 24.3 Å². The van der Waals surface area contributed by atoms with Crippen molar-refractivity contribution >= 4 is 0 Å². The van der Waals surface area contributed by atoms with Crippen LogP contribution in [0.5, 0.6) is 0 Å². The Kier molecular flexibility index (Phi) is 4.44. The van der Waals surface area contributed by atoms with Crippen molar-refractivity contribution in [1.29, 1.82) is 0 Å². The smallest absolute Gasteiger partial charge is 0.379 e. The van der Waals surface area contributed by atoms with Crippen LogP contribution in [0.1, 0.15) is 17.2 Å². The van der Waals surface area contributed by atoms with Crippen LogP contribution in [0.4, 0.5) is 13.2 Å². The second-order valence-electron chi connectivity index (χ2n) is 4.65. The van der Waals surface area contributed by atoms with Crippen molar-refractivity contribution < 1.29 is 17.9 Å². The van der Waals surface area contributed by atoms with Crippen LogP contribution in [0.3, 0.4) is 0 Å². The predicted octanol–water partition coefficient (Wildman–Crippen LogP) is 2.08. The Hall–Kier alpha value is -1.11. The highest BCUT2D eigenvalue weighted by atomic mass is 19.4. The molecule has 1 saturated heterocycles. The van der Waals surface area contributed by atoms with Crippen LogP contribution in [0.25, 0.3) is 0 Å². The first-order valence-electron chi connectivity index (χ1n) is 6.18. The first-order chi connectivity index (χ1) is 8.97. The average molecular weight is 274 g/mol. The normalized spacial score (nSPS) is 19.4. The Labute approximate surface area is 110 Å². The van der Waals surface area contributed by atoms with Gasteiger partial charge in [0.25, 0.3) is 0 Å². The van der Waals surface area contributed by atoms with Gasteiger partial charge in [0.15, 0.2) is 0 Å². The number of hydrogen-bond donors (Lipinski definition) is 1. The van der Waals surface area contributed by atoms with Gasteiger partial charge in [0, 0.05) is 19.6 Å². The Bertz CT molecular complexity index is 399. The SMILES string of the molecule is NC(c1ccc(CN2CCOCC2)cc1)C(F)(F)F. The molecule has 1 aliphatic rings. The number of halogens is 3. The second kappa shape index (κ2) is 5.90. The van der Waals surface area contributed by atoms with Gasteiger partial charge in [-0.2, -0.15) is 13.2 Å². The minimum Gasteiger partial charge on any atom is -0.379 e. The molecule has 1 aromatic carbocycles. The van der Waals surface area contributed by atoms with E-state index in [1.165, 1.54) is 12.1 Å². The summed E-state index contributed by atoms with van der Waals surface area (Å²) in [5.74, 6) is 0. The third-order valence-corrected chi connectivity index (χ3v) is 3.20. The van der Waals surface area contributed by atoms with Gasteiger partial charge in [-0.1, -0.05) is 24.3 Å². The van der Waals surface area contributed by atoms with Gasteiger partial charge in [0.1, 0.15) is 6.04 Å². The monoisotopic (exact) mass is 274 g/mol. The number of nitrogens with two attached hydrogens (primary N) is 1. The van der Waals surface area contributed by atoms with Gasteiger partial charge in [-0.15, -0.1) is 0 Å². The molecule has 19 heavy (non-hydrogen) atoms. The van der Waals surface area contributed by atoms with Gasteiger partial charge in [0.2, 0.25) is 0 Å². The first-order valence-corrected chi connectivity index (χ1v) is 6.18. The van der Waals surface area contributed by atoms with Crippen LogP contribution in [-0.2, 0) is 11.3 Å². The fourth-order valence-electron chi connectivity index (χ4n) is 2.04. The van der Waals surface area contributed by atoms with E-state index < -0.39 is 12.2 Å². The lowest BCUT2D eigenvalue weighted by Crippen LogP contribution is -2.35. The van der Waals surface area contributed by atoms with Crippen molar-refractivity contribution in [2.75, 3.05) is 26.3 Å². The molecule has 0 aliphatic carbocycles. The fraction of sp³-hybridized carbons (Fsp3) is 0.538. The van der Waals surface area contributed by atoms with E-state index in [1.807, 2.05) is 0 Å². The Morgan fingerprint density at radius 2 is 1.74 bits per heavy atom. The highest BCUT2D eigenvalue weighted by Crippen LogP contribution is 2.30. The summed E-state index contributed by atoms with van der Waals surface area (Å²) in [5.41, 5.74) is 6.24. The lowest BCUT2D eigenvalue weighted by molar-refractivity contribution is -0.149. The lowest BCUT2D eigenvalue weighted by atomic mass is 10.0. The molecule has 0 amide bonds. The van der Waals surface area contributed by atoms with Gasteiger partial charge in [-0.25, -0.2) is 0 Å². The summed E-state index contributed by atoms with van der Waals surface area (Å²) in [7, 11) is 0. The zero-order chi connectivity index (χ0) is 13.9. The summed E-state index contributed by atoms with van der Waals surface area (Å²) < 4.78 is 42.6. The maximum Gasteiger partial charge on any atom is 0.407 e. The van der Waals surface area contributed by atoms with Crippen LogP contribution in [-0.4, -0.2) is 37.4 Å². The van der Waals surface area contributed by atoms with E-state index in [1.54, 1.807) is 12.1 Å². The first kappa shape index (κ1) is 14.3. The van der Waals surface area contributed by atoms with Crippen LogP contribution >= 0.6 is 0 Å². The molecule has 1 heterocycles. The van der Waals surface area contributed by atoms with E-state index in [9.17, 15) is 13.2 Å². The Morgan fingerprint density at radius 1 is 1.16 bits per heavy atom. The molecular weight excluding hydrogens is 257 g/mol. The summed E-state index contributed by atoms with van der Waals surface area (Å²) in [6.07, 6.45) is -4.40. The number of morpholine rings is 1. The second-order valence-corrected chi connectivity index (χ2v) is 4.65. The van der Waals surface area contributed by atoms with E-state index in [4.69, 9.17) is 10.5 Å². The fourth-order valence-corrected chi connectivity index (χ4v) is 2.04. The van der Waals surface area contributed by atoms with E-state index in [-0.39, 0.29) is 5.56 Å². The molecule has 3 nitrogen and oxygen atoms in total. The molecular formula is C13H17F3N2O. The van der Waals surface area contributed by atoms with Crippen molar-refractivity contribution in [1.82, 2.24) is 4.90 Å². The van der Waals surface area contributed by atoms with Gasteiger partial charge in [0.05, 0.1) is 13.2 Å². The van der Waals surface area contributed by atoms with Crippen molar-refractivity contribution in [3.8, 4) is 0 Å². The number of alkyl halides is 3. The molecule has 0 spiro atoms. The molecule has 1 aliphatic heterocycles. The standard InChI is InChI=1S/C13H17F3N2O/c14-13(15,16)12(17)11-3-1-10(2-4-11)9-18-5-7-19-8-6-18/h1-4,12H,5-9,17H2. The topological polar surface area (TPSA) is 38.5 Å². The average Bonchev–Trinajstić information content (AvgIpc) is 2.39. The molecule has 1 atom stereocenters. The third-order valence-electron chi connectivity index (χ3n) is 3.20. The van der Waals surface area contributed by atoms with Crippen LogP contribution < -0.4 is 5.73 Å². The summed E-state index contributed by atoms with van der Waals surface area (Å²) in [5, 5.41) is 0. The number of ether oxygens (including phenoxy) is 1. The van der Waals surface area contributed by atoms with Crippen molar-refractivity contribution in [2.24, 2.45) is 5.73 Å². The molecule has 0 radical (unpaired) electrons. The van der Waals surface area contributed by atoms with Crippen molar-refractivity contribution in [2.45, 2.75) is 18.8 Å². The van der Waals surface area contributed by atoms with Crippen molar-refractivity contribution in [3.05, 3.63) is 35.4 Å². The molecule has 0 saturated carbocycles. The van der Waals surface area contributed by atoms with Crippen molar-refractivity contribution in [3.63, 3.8) is 0 Å². The highest BCUT2D eigenvalue weighted by molar-refractivity contribution is 5.25. The third kappa shape index (κ3) is 3.92. The number of benzene rings is 1. The van der Waals surface area contributed by atoms with E-state index in [0.29, 0.717) is 13.2 Å². The maximum absolute atomic E-state index is 12.5. The summed E-state index contributed by atoms with van der Waals surface area (Å²) in [6.45, 7) is 3.84. The van der Waals surface area contributed by atoms with Gasteiger partial charge >= 0.3 is 6.18 Å². The molecule has 1 fully saturated rings.